The Kier molecular flexibility index (Phi) is 6.37. The molecular weight excluding hydrogens is 438 g/mol. The third kappa shape index (κ3) is 5.48. The van der Waals surface area contributed by atoms with E-state index >= 15 is 0 Å². The standard InChI is InChI=1S/C22H22F6N2O2/c1-13(2)29(3)10-15-8-16-12-30(20(31)19(16)18(9-15)21(23,24)25)11-14-4-6-17(7-5-14)32-22(26,27)28/h4-9,12-13,31H,10-11H2,1-3H3. The van der Waals surface area contributed by atoms with Gasteiger partial charge in [0.05, 0.1) is 17.5 Å². The second kappa shape index (κ2) is 8.57. The van der Waals surface area contributed by atoms with Crippen molar-refractivity contribution in [2.24, 2.45) is 0 Å². The summed E-state index contributed by atoms with van der Waals surface area (Å²) in [7, 11) is 1.80. The zero-order valence-corrected chi connectivity index (χ0v) is 17.6. The Hall–Kier alpha value is -2.88. The van der Waals surface area contributed by atoms with E-state index in [0.717, 1.165) is 18.2 Å². The predicted molar refractivity (Wildman–Crippen MR) is 107 cm³/mol. The Morgan fingerprint density at radius 1 is 1.00 bits per heavy atom. The van der Waals surface area contributed by atoms with Crippen LogP contribution in [-0.4, -0.2) is 34.0 Å². The van der Waals surface area contributed by atoms with Gasteiger partial charge in [-0.3, -0.25) is 4.90 Å². The van der Waals surface area contributed by atoms with Gasteiger partial charge in [0.2, 0.25) is 0 Å². The number of rotatable bonds is 6. The van der Waals surface area contributed by atoms with Crippen LogP contribution in [0.15, 0.2) is 42.6 Å². The second-order valence-corrected chi connectivity index (χ2v) is 7.89. The lowest BCUT2D eigenvalue weighted by Crippen LogP contribution is -2.25. The number of benzene rings is 2. The molecule has 0 bridgehead atoms. The quantitative estimate of drug-likeness (QED) is 0.448. The smallest absolute Gasteiger partial charge is 0.494 e. The van der Waals surface area contributed by atoms with E-state index < -0.39 is 29.7 Å². The van der Waals surface area contributed by atoms with Crippen molar-refractivity contribution in [2.75, 3.05) is 7.05 Å². The van der Waals surface area contributed by atoms with Gasteiger partial charge in [0, 0.05) is 24.2 Å². The van der Waals surface area contributed by atoms with Crippen molar-refractivity contribution >= 4 is 10.8 Å². The van der Waals surface area contributed by atoms with Crippen molar-refractivity contribution in [1.29, 1.82) is 0 Å². The monoisotopic (exact) mass is 460 g/mol. The van der Waals surface area contributed by atoms with E-state index in [2.05, 4.69) is 4.74 Å². The van der Waals surface area contributed by atoms with Crippen molar-refractivity contribution in [3.8, 4) is 11.6 Å². The van der Waals surface area contributed by atoms with E-state index in [1.54, 1.807) is 13.1 Å². The van der Waals surface area contributed by atoms with E-state index in [9.17, 15) is 31.4 Å². The Morgan fingerprint density at radius 3 is 2.16 bits per heavy atom. The summed E-state index contributed by atoms with van der Waals surface area (Å²) in [5.41, 5.74) is -0.0115. The highest BCUT2D eigenvalue weighted by Crippen LogP contribution is 2.41. The zero-order valence-electron chi connectivity index (χ0n) is 17.6. The molecule has 1 aromatic heterocycles. The summed E-state index contributed by atoms with van der Waals surface area (Å²) in [6.45, 7) is 4.11. The lowest BCUT2D eigenvalue weighted by atomic mass is 10.0. The van der Waals surface area contributed by atoms with Crippen LogP contribution in [0, 0.1) is 0 Å². The molecular formula is C22H22F6N2O2. The molecule has 0 atom stereocenters. The Bertz CT molecular complexity index is 1080. The molecule has 2 aromatic carbocycles. The number of hydrogen-bond acceptors (Lipinski definition) is 3. The van der Waals surface area contributed by atoms with Gasteiger partial charge in [-0.1, -0.05) is 12.1 Å². The van der Waals surface area contributed by atoms with Gasteiger partial charge in [-0.25, -0.2) is 0 Å². The summed E-state index contributed by atoms with van der Waals surface area (Å²) in [5, 5.41) is 10.5. The molecule has 0 unspecified atom stereocenters. The average molecular weight is 460 g/mol. The van der Waals surface area contributed by atoms with E-state index in [1.165, 1.54) is 22.9 Å². The summed E-state index contributed by atoms with van der Waals surface area (Å²) in [5.74, 6) is -0.979. The predicted octanol–water partition coefficient (Wildman–Crippen LogP) is 6.15. The van der Waals surface area contributed by atoms with Crippen LogP contribution in [0.2, 0.25) is 0 Å². The second-order valence-electron chi connectivity index (χ2n) is 7.89. The van der Waals surface area contributed by atoms with Crippen LogP contribution in [0.5, 0.6) is 11.6 Å². The maximum Gasteiger partial charge on any atom is 0.573 e. The van der Waals surface area contributed by atoms with Gasteiger partial charge in [0.1, 0.15) is 5.75 Å². The highest BCUT2D eigenvalue weighted by molar-refractivity contribution is 5.92. The number of fused-ring (bicyclic) bond motifs is 1. The first-order valence-corrected chi connectivity index (χ1v) is 9.71. The van der Waals surface area contributed by atoms with E-state index in [0.29, 0.717) is 17.7 Å². The molecule has 10 heteroatoms. The number of aromatic nitrogens is 1. The molecule has 1 heterocycles. The topological polar surface area (TPSA) is 37.6 Å². The van der Waals surface area contributed by atoms with Gasteiger partial charge in [0.25, 0.3) is 0 Å². The first-order chi connectivity index (χ1) is 14.7. The molecule has 1 N–H and O–H groups in total. The molecule has 0 fully saturated rings. The third-order valence-electron chi connectivity index (χ3n) is 5.15. The summed E-state index contributed by atoms with van der Waals surface area (Å²) in [4.78, 5) is 1.89. The molecule has 0 saturated carbocycles. The van der Waals surface area contributed by atoms with Crippen LogP contribution in [0.3, 0.4) is 0 Å². The van der Waals surface area contributed by atoms with Crippen LogP contribution >= 0.6 is 0 Å². The molecule has 3 aromatic rings. The Morgan fingerprint density at radius 2 is 1.62 bits per heavy atom. The fourth-order valence-corrected chi connectivity index (χ4v) is 3.35. The largest absolute Gasteiger partial charge is 0.573 e. The first kappa shape index (κ1) is 23.8. The molecule has 0 aliphatic carbocycles. The minimum atomic E-state index is -4.83. The van der Waals surface area contributed by atoms with Crippen molar-refractivity contribution in [3.63, 3.8) is 0 Å². The van der Waals surface area contributed by atoms with Crippen LogP contribution in [-0.2, 0) is 19.3 Å². The summed E-state index contributed by atoms with van der Waals surface area (Å²) in [6.07, 6.45) is -8.10. The van der Waals surface area contributed by atoms with Gasteiger partial charge in [-0.15, -0.1) is 13.2 Å². The average Bonchev–Trinajstić information content (AvgIpc) is 2.96. The molecule has 0 saturated heterocycles. The van der Waals surface area contributed by atoms with E-state index in [4.69, 9.17) is 0 Å². The van der Waals surface area contributed by atoms with Crippen LogP contribution in [0.4, 0.5) is 26.3 Å². The summed E-state index contributed by atoms with van der Waals surface area (Å²) >= 11 is 0. The molecule has 0 amide bonds. The van der Waals surface area contributed by atoms with Crippen molar-refractivity contribution in [1.82, 2.24) is 9.47 Å². The summed E-state index contributed by atoms with van der Waals surface area (Å²) in [6, 6.07) is 7.66. The zero-order chi connectivity index (χ0) is 23.8. The summed E-state index contributed by atoms with van der Waals surface area (Å²) < 4.78 is 83.2. The maximum absolute atomic E-state index is 13.7. The van der Waals surface area contributed by atoms with Gasteiger partial charge in [0.15, 0.2) is 5.88 Å². The molecule has 0 spiro atoms. The van der Waals surface area contributed by atoms with E-state index in [1.807, 2.05) is 18.7 Å². The van der Waals surface area contributed by atoms with Crippen LogP contribution in [0.25, 0.3) is 10.8 Å². The van der Waals surface area contributed by atoms with Crippen LogP contribution < -0.4 is 4.74 Å². The third-order valence-corrected chi connectivity index (χ3v) is 5.15. The van der Waals surface area contributed by atoms with Crippen molar-refractivity contribution < 1.29 is 36.2 Å². The fraction of sp³-hybridized carbons (Fsp3) is 0.364. The van der Waals surface area contributed by atoms with Crippen molar-refractivity contribution in [3.05, 3.63) is 59.3 Å². The number of ether oxygens (including phenoxy) is 1. The molecule has 32 heavy (non-hydrogen) atoms. The van der Waals surface area contributed by atoms with Crippen molar-refractivity contribution in [2.45, 2.75) is 45.5 Å². The lowest BCUT2D eigenvalue weighted by molar-refractivity contribution is -0.274. The molecule has 0 aliphatic heterocycles. The number of hydrogen-bond donors (Lipinski definition) is 1. The lowest BCUT2D eigenvalue weighted by Gasteiger charge is -2.21. The Balaban J connectivity index is 1.97. The fourth-order valence-electron chi connectivity index (χ4n) is 3.35. The molecule has 3 rings (SSSR count). The molecule has 0 radical (unpaired) electrons. The minimum absolute atomic E-state index is 0.0364. The number of aromatic hydroxyl groups is 1. The number of alkyl halides is 6. The molecule has 4 nitrogen and oxygen atoms in total. The van der Waals surface area contributed by atoms with Gasteiger partial charge < -0.3 is 14.4 Å². The van der Waals surface area contributed by atoms with Gasteiger partial charge >= 0.3 is 12.5 Å². The van der Waals surface area contributed by atoms with E-state index in [-0.39, 0.29) is 23.4 Å². The number of halogens is 6. The highest BCUT2D eigenvalue weighted by Gasteiger charge is 2.35. The SMILES string of the molecule is CC(C)N(C)Cc1cc(C(F)(F)F)c2c(O)n(Cc3ccc(OC(F)(F)F)cc3)cc2c1. The highest BCUT2D eigenvalue weighted by atomic mass is 19.4. The maximum atomic E-state index is 13.7. The number of nitrogens with zero attached hydrogens (tertiary/aromatic N) is 2. The normalized spacial score (nSPS) is 12.8. The van der Waals surface area contributed by atoms with Gasteiger partial charge in [-0.2, -0.15) is 13.2 Å². The minimum Gasteiger partial charge on any atom is -0.494 e. The molecule has 0 aliphatic rings. The Labute approximate surface area is 180 Å². The van der Waals surface area contributed by atoms with Gasteiger partial charge in [-0.05, 0) is 56.3 Å². The van der Waals surface area contributed by atoms with Crippen LogP contribution in [0.1, 0.15) is 30.5 Å². The first-order valence-electron chi connectivity index (χ1n) is 9.71. The molecule has 174 valence electrons.